The molecule has 7 nitrogen and oxygen atoms in total. The minimum absolute atomic E-state index is 0.182. The molecule has 0 bridgehead atoms. The minimum Gasteiger partial charge on any atom is -0.368 e. The van der Waals surface area contributed by atoms with Gasteiger partial charge in [-0.15, -0.1) is 0 Å². The molecule has 3 aromatic heterocycles. The number of aromatic amines is 1. The fourth-order valence-corrected chi connectivity index (χ4v) is 3.86. The topological polar surface area (TPSA) is 77.1 Å². The van der Waals surface area contributed by atoms with Crippen molar-refractivity contribution in [2.75, 3.05) is 43.4 Å². The summed E-state index contributed by atoms with van der Waals surface area (Å²) in [6.45, 7) is 4.06. The summed E-state index contributed by atoms with van der Waals surface area (Å²) < 4.78 is 0. The van der Waals surface area contributed by atoms with Gasteiger partial charge in [-0.2, -0.15) is 0 Å². The summed E-state index contributed by atoms with van der Waals surface area (Å²) in [7, 11) is 2.15. The summed E-state index contributed by atoms with van der Waals surface area (Å²) in [5.74, 6) is -0.182. The first kappa shape index (κ1) is 17.6. The summed E-state index contributed by atoms with van der Waals surface area (Å²) in [5, 5.41) is 5.99. The minimum atomic E-state index is -0.182. The Kier molecular flexibility index (Phi) is 4.37. The lowest BCUT2D eigenvalue weighted by molar-refractivity contribution is 0.102. The summed E-state index contributed by atoms with van der Waals surface area (Å²) in [5.41, 5.74) is 3.24. The molecule has 7 heteroatoms. The van der Waals surface area contributed by atoms with Crippen molar-refractivity contribution in [2.45, 2.75) is 0 Å². The molecular weight excluding hydrogens is 364 g/mol. The lowest BCUT2D eigenvalue weighted by atomic mass is 10.1. The summed E-state index contributed by atoms with van der Waals surface area (Å²) in [4.78, 5) is 29.2. The van der Waals surface area contributed by atoms with Gasteiger partial charge in [0.15, 0.2) is 0 Å². The molecule has 5 rings (SSSR count). The van der Waals surface area contributed by atoms with E-state index >= 15 is 0 Å². The van der Waals surface area contributed by atoms with Crippen LogP contribution in [0.3, 0.4) is 0 Å². The lowest BCUT2D eigenvalue weighted by Gasteiger charge is -2.34. The number of hydrogen-bond donors (Lipinski definition) is 2. The molecule has 4 aromatic rings. The van der Waals surface area contributed by atoms with Crippen LogP contribution in [0, 0.1) is 0 Å². The van der Waals surface area contributed by atoms with Crippen LogP contribution in [-0.4, -0.2) is 59.0 Å². The number of anilines is 2. The number of pyridine rings is 2. The van der Waals surface area contributed by atoms with Crippen molar-refractivity contribution < 1.29 is 4.79 Å². The Bertz CT molecular complexity index is 1190. The highest BCUT2D eigenvalue weighted by atomic mass is 16.1. The quantitative estimate of drug-likeness (QED) is 0.566. The van der Waals surface area contributed by atoms with E-state index in [4.69, 9.17) is 0 Å². The van der Waals surface area contributed by atoms with Crippen LogP contribution in [0.2, 0.25) is 0 Å². The number of carbonyl (C=O) groups is 1. The molecule has 0 saturated carbocycles. The molecule has 1 amide bonds. The Morgan fingerprint density at radius 2 is 1.93 bits per heavy atom. The van der Waals surface area contributed by atoms with Gasteiger partial charge in [0.25, 0.3) is 5.91 Å². The fourth-order valence-electron chi connectivity index (χ4n) is 3.86. The van der Waals surface area contributed by atoms with E-state index in [-0.39, 0.29) is 5.91 Å². The second-order valence-electron chi connectivity index (χ2n) is 7.44. The number of likely N-dealkylation sites (N-methyl/N-ethyl adjacent to an activating group) is 1. The smallest absolute Gasteiger partial charge is 0.257 e. The van der Waals surface area contributed by atoms with Gasteiger partial charge in [0.2, 0.25) is 0 Å². The molecule has 1 aliphatic rings. The molecule has 1 saturated heterocycles. The number of amides is 1. The number of H-pyrrole nitrogens is 1. The zero-order chi connectivity index (χ0) is 19.8. The van der Waals surface area contributed by atoms with E-state index in [9.17, 15) is 4.79 Å². The van der Waals surface area contributed by atoms with E-state index in [1.807, 2.05) is 36.7 Å². The van der Waals surface area contributed by atoms with Crippen LogP contribution in [0.4, 0.5) is 11.4 Å². The number of rotatable bonds is 3. The molecule has 0 radical (unpaired) electrons. The number of aromatic nitrogens is 3. The van der Waals surface area contributed by atoms with E-state index in [1.54, 1.807) is 12.4 Å². The van der Waals surface area contributed by atoms with Crippen molar-refractivity contribution >= 4 is 39.1 Å². The maximum atomic E-state index is 12.8. The Hall–Kier alpha value is -3.45. The first-order valence-electron chi connectivity index (χ1n) is 9.74. The second-order valence-corrected chi connectivity index (χ2v) is 7.44. The van der Waals surface area contributed by atoms with Crippen molar-refractivity contribution in [2.24, 2.45) is 0 Å². The lowest BCUT2D eigenvalue weighted by Crippen LogP contribution is -2.44. The van der Waals surface area contributed by atoms with Gasteiger partial charge in [-0.05, 0) is 37.4 Å². The van der Waals surface area contributed by atoms with Crippen molar-refractivity contribution in [3.05, 3.63) is 60.7 Å². The monoisotopic (exact) mass is 386 g/mol. The van der Waals surface area contributed by atoms with E-state index in [1.165, 1.54) is 5.69 Å². The summed E-state index contributed by atoms with van der Waals surface area (Å²) in [6.07, 6.45) is 7.03. The van der Waals surface area contributed by atoms with Crippen molar-refractivity contribution in [3.8, 4) is 0 Å². The van der Waals surface area contributed by atoms with Crippen LogP contribution in [-0.2, 0) is 0 Å². The molecule has 0 atom stereocenters. The molecule has 2 N–H and O–H groups in total. The van der Waals surface area contributed by atoms with Gasteiger partial charge in [0, 0.05) is 72.8 Å². The first-order valence-corrected chi connectivity index (χ1v) is 9.74. The molecule has 146 valence electrons. The third-order valence-corrected chi connectivity index (χ3v) is 5.55. The van der Waals surface area contributed by atoms with Crippen LogP contribution in [0.1, 0.15) is 10.4 Å². The van der Waals surface area contributed by atoms with Gasteiger partial charge in [0.1, 0.15) is 5.65 Å². The summed E-state index contributed by atoms with van der Waals surface area (Å²) in [6, 6.07) is 9.83. The Labute approximate surface area is 168 Å². The second kappa shape index (κ2) is 7.18. The van der Waals surface area contributed by atoms with Crippen LogP contribution in [0.5, 0.6) is 0 Å². The third-order valence-electron chi connectivity index (χ3n) is 5.55. The largest absolute Gasteiger partial charge is 0.368 e. The van der Waals surface area contributed by atoms with Crippen molar-refractivity contribution in [3.63, 3.8) is 0 Å². The highest BCUT2D eigenvalue weighted by molar-refractivity contribution is 6.11. The molecule has 0 spiro atoms. The maximum absolute atomic E-state index is 12.8. The van der Waals surface area contributed by atoms with Gasteiger partial charge in [-0.25, -0.2) is 4.98 Å². The van der Waals surface area contributed by atoms with Gasteiger partial charge >= 0.3 is 0 Å². The van der Waals surface area contributed by atoms with E-state index < -0.39 is 0 Å². The van der Waals surface area contributed by atoms with Gasteiger partial charge in [-0.1, -0.05) is 0 Å². The Balaban J connectivity index is 1.47. The maximum Gasteiger partial charge on any atom is 0.257 e. The average Bonchev–Trinajstić information content (AvgIpc) is 3.23. The standard InChI is InChI=1S/C22H22N6O/c1-27-8-10-28(11-9-27)20-3-2-19(18-14-23-6-5-17(18)20)26-22(29)16-12-15-4-7-24-21(15)25-13-16/h2-7,12-14H,8-11H2,1H3,(H,24,25)(H,26,29). The molecular formula is C22H22N6O. The van der Waals surface area contributed by atoms with Crippen LogP contribution in [0.25, 0.3) is 21.8 Å². The molecule has 1 fully saturated rings. The highest BCUT2D eigenvalue weighted by Crippen LogP contribution is 2.32. The molecule has 1 aliphatic heterocycles. The van der Waals surface area contributed by atoms with Crippen LogP contribution in [0.15, 0.2) is 55.1 Å². The fraction of sp³-hybridized carbons (Fsp3) is 0.227. The molecule has 0 aliphatic carbocycles. The van der Waals surface area contributed by atoms with Crippen LogP contribution < -0.4 is 10.2 Å². The van der Waals surface area contributed by atoms with E-state index in [0.29, 0.717) is 5.56 Å². The molecule has 0 unspecified atom stereocenters. The number of carbonyl (C=O) groups excluding carboxylic acids is 1. The SMILES string of the molecule is CN1CCN(c2ccc(NC(=O)c3cnc4[nH]ccc4c3)c3cnccc23)CC1. The molecule has 1 aromatic carbocycles. The number of piperazine rings is 1. The zero-order valence-electron chi connectivity index (χ0n) is 16.2. The van der Waals surface area contributed by atoms with E-state index in [2.05, 4.69) is 43.2 Å². The van der Waals surface area contributed by atoms with Crippen molar-refractivity contribution in [1.82, 2.24) is 19.9 Å². The average molecular weight is 386 g/mol. The zero-order valence-corrected chi connectivity index (χ0v) is 16.2. The first-order chi connectivity index (χ1) is 14.2. The Morgan fingerprint density at radius 1 is 1.07 bits per heavy atom. The Morgan fingerprint density at radius 3 is 2.79 bits per heavy atom. The highest BCUT2D eigenvalue weighted by Gasteiger charge is 2.18. The predicted molar refractivity (Wildman–Crippen MR) is 115 cm³/mol. The normalized spacial score (nSPS) is 15.1. The van der Waals surface area contributed by atoms with Gasteiger partial charge < -0.3 is 20.1 Å². The van der Waals surface area contributed by atoms with Crippen LogP contribution >= 0.6 is 0 Å². The van der Waals surface area contributed by atoms with Gasteiger partial charge in [0.05, 0.1) is 11.3 Å². The summed E-state index contributed by atoms with van der Waals surface area (Å²) >= 11 is 0. The van der Waals surface area contributed by atoms with Gasteiger partial charge in [-0.3, -0.25) is 9.78 Å². The molecule has 29 heavy (non-hydrogen) atoms. The number of nitrogens with one attached hydrogen (secondary N) is 2. The number of benzene rings is 1. The molecule has 4 heterocycles. The predicted octanol–water partition coefficient (Wildman–Crippen LogP) is 3.12. The number of hydrogen-bond acceptors (Lipinski definition) is 5. The van der Waals surface area contributed by atoms with Crippen molar-refractivity contribution in [1.29, 1.82) is 0 Å². The third kappa shape index (κ3) is 3.30. The number of fused-ring (bicyclic) bond motifs is 2. The number of nitrogens with zero attached hydrogens (tertiary/aromatic N) is 4. The van der Waals surface area contributed by atoms with E-state index in [0.717, 1.165) is 53.7 Å².